The van der Waals surface area contributed by atoms with Crippen molar-refractivity contribution in [3.8, 4) is 0 Å². The maximum Gasteiger partial charge on any atom is 0.249 e. The second kappa shape index (κ2) is 17.1. The van der Waals surface area contributed by atoms with E-state index in [1.807, 2.05) is 30.9 Å². The van der Waals surface area contributed by atoms with Crippen molar-refractivity contribution in [1.29, 1.82) is 0 Å². The van der Waals surface area contributed by atoms with Gasteiger partial charge in [0.25, 0.3) is 0 Å². The van der Waals surface area contributed by atoms with Crippen molar-refractivity contribution in [3.05, 3.63) is 86.3 Å². The second-order valence-electron chi connectivity index (χ2n) is 12.4. The van der Waals surface area contributed by atoms with Crippen LogP contribution in [0.2, 0.25) is 0 Å². The van der Waals surface area contributed by atoms with Gasteiger partial charge in [0.1, 0.15) is 5.84 Å². The largest absolute Gasteiger partial charge is 0.401 e. The molecule has 1 aromatic rings. The Labute approximate surface area is 260 Å². The summed E-state index contributed by atoms with van der Waals surface area (Å²) < 4.78 is 0. The molecule has 0 bridgehead atoms. The lowest BCUT2D eigenvalue weighted by atomic mass is 9.92. The van der Waals surface area contributed by atoms with Crippen LogP contribution >= 0.6 is 11.3 Å². The van der Waals surface area contributed by atoms with E-state index in [4.69, 9.17) is 5.73 Å². The Hall–Kier alpha value is -3.12. The van der Waals surface area contributed by atoms with Gasteiger partial charge in [0, 0.05) is 51.8 Å². The number of nitrogens with zero attached hydrogens (tertiary/aromatic N) is 2. The highest BCUT2D eigenvalue weighted by atomic mass is 32.1. The van der Waals surface area contributed by atoms with E-state index < -0.39 is 0 Å². The van der Waals surface area contributed by atoms with Crippen LogP contribution in [-0.2, 0) is 17.8 Å². The van der Waals surface area contributed by atoms with Crippen LogP contribution in [0.3, 0.4) is 0 Å². The molecule has 5 nitrogen and oxygen atoms in total. The standard InChI is InChI=1S/C22H32N4OS.C14H24/c1-8-14(2)21(27)26-10-9-16-17(13-28-18(16)12-26)15(3)25-20(24-7)11-19(23)22(4,5)6;1-7-12(4)8-9-13(5)10-14(6)11(2)3/h8,11,13H,3,9-10,12,23H2,1-2,4-7H3,(H,24,25);8-10,12H,7H2,1-6H3/b14-8+,19-11-;9-8-,13-10-. The van der Waals surface area contributed by atoms with E-state index >= 15 is 0 Å². The predicted octanol–water partition coefficient (Wildman–Crippen LogP) is 8.97. The highest BCUT2D eigenvalue weighted by molar-refractivity contribution is 7.10. The number of fused-ring (bicyclic) bond motifs is 1. The van der Waals surface area contributed by atoms with Crippen molar-refractivity contribution in [2.75, 3.05) is 13.6 Å². The minimum absolute atomic E-state index is 0.114. The third-order valence-electron chi connectivity index (χ3n) is 7.57. The smallest absolute Gasteiger partial charge is 0.249 e. The quantitative estimate of drug-likeness (QED) is 0.137. The minimum Gasteiger partial charge on any atom is -0.401 e. The first-order chi connectivity index (χ1) is 19.5. The van der Waals surface area contributed by atoms with Crippen LogP contribution in [0.5, 0.6) is 0 Å². The van der Waals surface area contributed by atoms with Gasteiger partial charge in [0.05, 0.1) is 6.54 Å². The zero-order valence-corrected chi connectivity index (χ0v) is 29.2. The molecule has 1 unspecified atom stereocenters. The number of hydrogen-bond donors (Lipinski definition) is 2. The topological polar surface area (TPSA) is 70.7 Å². The number of carbonyl (C=O) groups excluding carboxylic acids is 1. The van der Waals surface area contributed by atoms with Gasteiger partial charge in [-0.1, -0.05) is 88.6 Å². The first-order valence-corrected chi connectivity index (χ1v) is 15.9. The van der Waals surface area contributed by atoms with Crippen LogP contribution in [0, 0.1) is 11.3 Å². The summed E-state index contributed by atoms with van der Waals surface area (Å²) in [4.78, 5) is 19.9. The zero-order valence-electron chi connectivity index (χ0n) is 28.4. The monoisotopic (exact) mass is 592 g/mol. The molecular formula is C36H56N4OS. The molecule has 0 saturated heterocycles. The third kappa shape index (κ3) is 11.6. The van der Waals surface area contributed by atoms with Crippen molar-refractivity contribution < 1.29 is 4.79 Å². The van der Waals surface area contributed by atoms with Crippen molar-refractivity contribution >= 4 is 28.8 Å². The second-order valence-corrected chi connectivity index (χ2v) is 13.3. The summed E-state index contributed by atoms with van der Waals surface area (Å²) in [6.45, 7) is 28.6. The van der Waals surface area contributed by atoms with Gasteiger partial charge in [-0.3, -0.25) is 9.79 Å². The number of aliphatic imine (C=N–C) groups is 1. The van der Waals surface area contributed by atoms with Gasteiger partial charge in [-0.05, 0) is 65.5 Å². The highest BCUT2D eigenvalue weighted by Gasteiger charge is 2.25. The number of carbonyl (C=O) groups is 1. The fourth-order valence-corrected chi connectivity index (χ4v) is 4.99. The van der Waals surface area contributed by atoms with E-state index in [0.717, 1.165) is 35.5 Å². The molecule has 1 aliphatic rings. The molecule has 0 aromatic carbocycles. The van der Waals surface area contributed by atoms with Crippen LogP contribution in [0.1, 0.15) is 98.6 Å². The molecule has 1 atom stereocenters. The Morgan fingerprint density at radius 2 is 1.86 bits per heavy atom. The van der Waals surface area contributed by atoms with Crippen LogP contribution in [0.25, 0.3) is 5.70 Å². The van der Waals surface area contributed by atoms with Crippen LogP contribution in [0.4, 0.5) is 0 Å². The van der Waals surface area contributed by atoms with Crippen molar-refractivity contribution in [2.24, 2.45) is 22.1 Å². The number of hydrogen-bond acceptors (Lipinski definition) is 4. The van der Waals surface area contributed by atoms with Gasteiger partial charge < -0.3 is 16.0 Å². The molecule has 0 fully saturated rings. The third-order valence-corrected chi connectivity index (χ3v) is 8.59. The van der Waals surface area contributed by atoms with Gasteiger partial charge in [-0.15, -0.1) is 11.3 Å². The minimum atomic E-state index is -0.123. The molecule has 2 heterocycles. The number of nitrogens with one attached hydrogen (secondary N) is 1. The summed E-state index contributed by atoms with van der Waals surface area (Å²) in [6.07, 6.45) is 12.5. The molecule has 3 N–H and O–H groups in total. The van der Waals surface area contributed by atoms with Gasteiger partial charge >= 0.3 is 0 Å². The molecule has 1 aliphatic heterocycles. The van der Waals surface area contributed by atoms with E-state index in [9.17, 15) is 4.79 Å². The Balaban J connectivity index is 0.000000532. The Morgan fingerprint density at radius 3 is 2.38 bits per heavy atom. The first kappa shape index (κ1) is 36.9. The van der Waals surface area contributed by atoms with Gasteiger partial charge in [-0.2, -0.15) is 0 Å². The number of nitrogens with two attached hydrogens (primary N) is 1. The normalized spacial score (nSPS) is 15.6. The van der Waals surface area contributed by atoms with Gasteiger partial charge in [0.2, 0.25) is 5.91 Å². The van der Waals surface area contributed by atoms with E-state index in [2.05, 4.69) is 103 Å². The maximum atomic E-state index is 12.4. The summed E-state index contributed by atoms with van der Waals surface area (Å²) in [6, 6.07) is 0. The van der Waals surface area contributed by atoms with E-state index in [-0.39, 0.29) is 11.3 Å². The Kier molecular flexibility index (Phi) is 15.0. The first-order valence-electron chi connectivity index (χ1n) is 15.0. The van der Waals surface area contributed by atoms with E-state index in [0.29, 0.717) is 18.3 Å². The molecule has 232 valence electrons. The highest BCUT2D eigenvalue weighted by Crippen LogP contribution is 2.32. The van der Waals surface area contributed by atoms with Crippen LogP contribution < -0.4 is 11.1 Å². The number of thiophene rings is 1. The fourth-order valence-electron chi connectivity index (χ4n) is 3.86. The van der Waals surface area contributed by atoms with Crippen LogP contribution in [-0.4, -0.2) is 30.2 Å². The Bertz CT molecular complexity index is 1270. The predicted molar refractivity (Wildman–Crippen MR) is 187 cm³/mol. The average molecular weight is 593 g/mol. The summed E-state index contributed by atoms with van der Waals surface area (Å²) in [7, 11) is 1.73. The van der Waals surface area contributed by atoms with Crippen LogP contribution in [0.15, 0.2) is 75.3 Å². The lowest BCUT2D eigenvalue weighted by Crippen LogP contribution is -2.36. The molecule has 1 aromatic heterocycles. The molecule has 2 rings (SSSR count). The molecule has 0 saturated carbocycles. The molecule has 0 radical (unpaired) electrons. The summed E-state index contributed by atoms with van der Waals surface area (Å²) >= 11 is 1.68. The SMILES string of the molecule is C=C(NC(/C=C(\N)C(C)(C)C)=NC)c1csc2c1CCN(C(=O)/C(C)=C/C)C2.CCC(C)/C=C\C(C)=C/C(C)=C(C)C. The van der Waals surface area contributed by atoms with E-state index in [1.165, 1.54) is 33.6 Å². The fraction of sp³-hybridized carbons (Fsp3) is 0.500. The molecule has 42 heavy (non-hydrogen) atoms. The van der Waals surface area contributed by atoms with Crippen molar-refractivity contribution in [1.82, 2.24) is 10.2 Å². The molecule has 0 aliphatic carbocycles. The summed E-state index contributed by atoms with van der Waals surface area (Å²) in [5.74, 6) is 1.49. The lowest BCUT2D eigenvalue weighted by Gasteiger charge is -2.28. The number of amidine groups is 1. The zero-order chi connectivity index (χ0) is 32.2. The van der Waals surface area contributed by atoms with Gasteiger partial charge in [0.15, 0.2) is 0 Å². The lowest BCUT2D eigenvalue weighted by molar-refractivity contribution is -0.127. The maximum absolute atomic E-state index is 12.4. The summed E-state index contributed by atoms with van der Waals surface area (Å²) in [5.41, 5.74) is 14.9. The number of rotatable bonds is 8. The molecule has 0 spiro atoms. The molecular weight excluding hydrogens is 536 g/mol. The summed E-state index contributed by atoms with van der Waals surface area (Å²) in [5, 5.41) is 5.41. The Morgan fingerprint density at radius 1 is 1.21 bits per heavy atom. The number of allylic oxidation sites excluding steroid dienone is 8. The van der Waals surface area contributed by atoms with Crippen molar-refractivity contribution in [3.63, 3.8) is 0 Å². The molecule has 6 heteroatoms. The average Bonchev–Trinajstić information content (AvgIpc) is 3.37. The molecule has 1 amide bonds. The number of amides is 1. The van der Waals surface area contributed by atoms with E-state index in [1.54, 1.807) is 18.4 Å². The van der Waals surface area contributed by atoms with Gasteiger partial charge in [-0.25, -0.2) is 0 Å². The van der Waals surface area contributed by atoms with Crippen molar-refractivity contribution in [2.45, 2.75) is 95.5 Å².